The number of carbonyl (C=O) groups is 1. The first-order chi connectivity index (χ1) is 9.25. The van der Waals surface area contributed by atoms with Crippen molar-refractivity contribution in [2.45, 2.75) is 5.92 Å². The lowest BCUT2D eigenvalue weighted by molar-refractivity contribution is -0.124. The first kappa shape index (κ1) is 17.2. The van der Waals surface area contributed by atoms with Crippen molar-refractivity contribution in [2.75, 3.05) is 19.7 Å². The van der Waals surface area contributed by atoms with Crippen LogP contribution < -0.4 is 15.8 Å². The second-order valence-corrected chi connectivity index (χ2v) is 5.04. The smallest absolute Gasteiger partial charge is 0.277 e. The Morgan fingerprint density at radius 1 is 1.25 bits per heavy atom. The van der Waals surface area contributed by atoms with Gasteiger partial charge in [-0.2, -0.15) is 0 Å². The minimum atomic E-state index is -3.16. The molecule has 3 N–H and O–H groups in total. The Bertz CT molecular complexity index is 501. The normalized spacial score (nSPS) is 11.3. The lowest BCUT2D eigenvalue weighted by Gasteiger charge is -2.15. The fourth-order valence-electron chi connectivity index (χ4n) is 1.11. The second kappa shape index (κ2) is 7.26. The number of rotatable bonds is 6. The van der Waals surface area contributed by atoms with E-state index < -0.39 is 31.5 Å². The van der Waals surface area contributed by atoms with Crippen LogP contribution in [0, 0.1) is 0 Å². The highest BCUT2D eigenvalue weighted by molar-refractivity contribution is 6.43. The van der Waals surface area contributed by atoms with E-state index in [1.54, 1.807) is 0 Å². The van der Waals surface area contributed by atoms with Gasteiger partial charge in [-0.1, -0.05) is 34.8 Å². The number of hydrogen-bond donors (Lipinski definition) is 2. The highest BCUT2D eigenvalue weighted by Crippen LogP contribution is 2.33. The first-order valence-corrected chi connectivity index (χ1v) is 6.50. The number of amides is 1. The van der Waals surface area contributed by atoms with E-state index in [1.807, 2.05) is 5.32 Å². The van der Waals surface area contributed by atoms with Gasteiger partial charge in [0, 0.05) is 6.07 Å². The van der Waals surface area contributed by atoms with Crippen LogP contribution in [0.25, 0.3) is 0 Å². The summed E-state index contributed by atoms with van der Waals surface area (Å²) in [6.45, 7) is -2.20. The summed E-state index contributed by atoms with van der Waals surface area (Å²) in [6, 6.07) is 2.68. The van der Waals surface area contributed by atoms with Crippen LogP contribution in [-0.4, -0.2) is 31.5 Å². The Morgan fingerprint density at radius 2 is 1.85 bits per heavy atom. The molecule has 0 spiro atoms. The van der Waals surface area contributed by atoms with Gasteiger partial charge in [-0.3, -0.25) is 4.79 Å². The standard InChI is InChI=1S/C11H11Cl3F2N2O2/c12-6-1-8(14)9(2-7(6)13)20-3-10(19)18-5-11(15,16)4-17/h1-2H,3-5,17H2,(H,18,19). The number of alkyl halides is 2. The Balaban J connectivity index is 2.51. The van der Waals surface area contributed by atoms with E-state index in [4.69, 9.17) is 45.3 Å². The summed E-state index contributed by atoms with van der Waals surface area (Å²) in [5.74, 6) is -3.77. The van der Waals surface area contributed by atoms with Crippen molar-refractivity contribution in [3.8, 4) is 5.75 Å². The van der Waals surface area contributed by atoms with Gasteiger partial charge in [0.05, 0.1) is 28.2 Å². The largest absolute Gasteiger partial charge is 0.482 e. The summed E-state index contributed by atoms with van der Waals surface area (Å²) in [5.41, 5.74) is 4.83. The minimum absolute atomic E-state index is 0.127. The molecule has 20 heavy (non-hydrogen) atoms. The molecule has 0 heterocycles. The fraction of sp³-hybridized carbons (Fsp3) is 0.364. The van der Waals surface area contributed by atoms with Crippen molar-refractivity contribution >= 4 is 40.7 Å². The molecule has 0 aliphatic carbocycles. The zero-order valence-corrected chi connectivity index (χ0v) is 12.3. The maximum atomic E-state index is 12.8. The monoisotopic (exact) mass is 346 g/mol. The summed E-state index contributed by atoms with van der Waals surface area (Å²) in [6.07, 6.45) is 0. The van der Waals surface area contributed by atoms with E-state index in [1.165, 1.54) is 12.1 Å². The van der Waals surface area contributed by atoms with Crippen LogP contribution in [0.2, 0.25) is 15.1 Å². The molecule has 1 aromatic rings. The highest BCUT2D eigenvalue weighted by Gasteiger charge is 2.27. The Hall–Kier alpha value is -0.820. The van der Waals surface area contributed by atoms with Gasteiger partial charge in [0.2, 0.25) is 0 Å². The number of benzene rings is 1. The van der Waals surface area contributed by atoms with E-state index in [9.17, 15) is 13.6 Å². The SMILES string of the molecule is NCC(F)(F)CNC(=O)COc1cc(Cl)c(Cl)cc1Cl. The summed E-state index contributed by atoms with van der Waals surface area (Å²) in [4.78, 5) is 11.3. The predicted molar refractivity (Wildman–Crippen MR) is 74.0 cm³/mol. The Morgan fingerprint density at radius 3 is 2.45 bits per heavy atom. The summed E-state index contributed by atoms with van der Waals surface area (Å²) in [5, 5.41) is 2.57. The van der Waals surface area contributed by atoms with Crippen LogP contribution in [0.5, 0.6) is 5.75 Å². The van der Waals surface area contributed by atoms with Crippen molar-refractivity contribution in [1.82, 2.24) is 5.32 Å². The lowest BCUT2D eigenvalue weighted by Crippen LogP contribution is -2.43. The van der Waals surface area contributed by atoms with Crippen LogP contribution in [0.3, 0.4) is 0 Å². The first-order valence-electron chi connectivity index (χ1n) is 5.37. The topological polar surface area (TPSA) is 64.3 Å². The molecule has 0 bridgehead atoms. The Kier molecular flexibility index (Phi) is 6.26. The van der Waals surface area contributed by atoms with E-state index >= 15 is 0 Å². The molecule has 0 unspecified atom stereocenters. The van der Waals surface area contributed by atoms with Crippen LogP contribution in [-0.2, 0) is 4.79 Å². The number of hydrogen-bond acceptors (Lipinski definition) is 3. The summed E-state index contributed by atoms with van der Waals surface area (Å²) in [7, 11) is 0. The van der Waals surface area contributed by atoms with Crippen molar-refractivity contribution < 1.29 is 18.3 Å². The molecular formula is C11H11Cl3F2N2O2. The van der Waals surface area contributed by atoms with Crippen molar-refractivity contribution in [1.29, 1.82) is 0 Å². The molecule has 4 nitrogen and oxygen atoms in total. The van der Waals surface area contributed by atoms with Gasteiger partial charge in [0.1, 0.15) is 5.75 Å². The van der Waals surface area contributed by atoms with Crippen LogP contribution in [0.15, 0.2) is 12.1 Å². The molecule has 0 aromatic heterocycles. The van der Waals surface area contributed by atoms with Crippen molar-refractivity contribution in [2.24, 2.45) is 5.73 Å². The van der Waals surface area contributed by atoms with Crippen molar-refractivity contribution in [3.05, 3.63) is 27.2 Å². The van der Waals surface area contributed by atoms with E-state index in [-0.39, 0.29) is 20.8 Å². The van der Waals surface area contributed by atoms with Gasteiger partial charge < -0.3 is 15.8 Å². The maximum Gasteiger partial charge on any atom is 0.277 e. The van der Waals surface area contributed by atoms with Crippen molar-refractivity contribution in [3.63, 3.8) is 0 Å². The molecule has 0 radical (unpaired) electrons. The maximum absolute atomic E-state index is 12.8. The van der Waals surface area contributed by atoms with Gasteiger partial charge in [-0.15, -0.1) is 0 Å². The lowest BCUT2D eigenvalue weighted by atomic mass is 10.3. The summed E-state index contributed by atoms with van der Waals surface area (Å²) < 4.78 is 30.7. The zero-order valence-electron chi connectivity index (χ0n) is 10.1. The molecule has 1 aromatic carbocycles. The third kappa shape index (κ3) is 5.28. The molecule has 9 heteroatoms. The van der Waals surface area contributed by atoms with Gasteiger partial charge in [-0.25, -0.2) is 8.78 Å². The van der Waals surface area contributed by atoms with Gasteiger partial charge >= 0.3 is 0 Å². The summed E-state index contributed by atoms with van der Waals surface area (Å²) >= 11 is 17.3. The molecule has 0 atom stereocenters. The Labute approximate surface area is 129 Å². The molecular weight excluding hydrogens is 336 g/mol. The number of nitrogens with two attached hydrogens (primary N) is 1. The van der Waals surface area contributed by atoms with Gasteiger partial charge in [0.25, 0.3) is 11.8 Å². The van der Waals surface area contributed by atoms with Crippen LogP contribution in [0.4, 0.5) is 8.78 Å². The second-order valence-electron chi connectivity index (χ2n) is 3.82. The highest BCUT2D eigenvalue weighted by atomic mass is 35.5. The molecule has 0 aliphatic heterocycles. The van der Waals surface area contributed by atoms with Crippen LogP contribution in [0.1, 0.15) is 0 Å². The van der Waals surface area contributed by atoms with Crippen LogP contribution >= 0.6 is 34.8 Å². The number of carbonyl (C=O) groups excluding carboxylic acids is 1. The molecule has 1 amide bonds. The molecule has 112 valence electrons. The molecule has 1 rings (SSSR count). The third-order valence-corrected chi connectivity index (χ3v) is 3.19. The average molecular weight is 348 g/mol. The fourth-order valence-corrected chi connectivity index (χ4v) is 1.70. The third-order valence-electron chi connectivity index (χ3n) is 2.18. The minimum Gasteiger partial charge on any atom is -0.482 e. The van der Waals surface area contributed by atoms with E-state index in [0.29, 0.717) is 0 Å². The molecule has 0 saturated carbocycles. The quantitative estimate of drug-likeness (QED) is 0.778. The average Bonchev–Trinajstić information content (AvgIpc) is 2.39. The molecule has 0 aliphatic rings. The van der Waals surface area contributed by atoms with E-state index in [2.05, 4.69) is 0 Å². The molecule has 0 saturated heterocycles. The zero-order chi connectivity index (χ0) is 15.3. The predicted octanol–water partition coefficient (Wildman–Crippen LogP) is 2.74. The van der Waals surface area contributed by atoms with Gasteiger partial charge in [0.15, 0.2) is 6.61 Å². The van der Waals surface area contributed by atoms with Gasteiger partial charge in [-0.05, 0) is 6.07 Å². The number of ether oxygens (including phenoxy) is 1. The molecule has 0 fully saturated rings. The number of halogens is 5. The van der Waals surface area contributed by atoms with E-state index in [0.717, 1.165) is 0 Å². The number of nitrogens with one attached hydrogen (secondary N) is 1.